The zero-order valence-corrected chi connectivity index (χ0v) is 13.8. The number of hydrogen-bond acceptors (Lipinski definition) is 4. The van der Waals surface area contributed by atoms with Crippen LogP contribution in [-0.4, -0.2) is 36.7 Å². The van der Waals surface area contributed by atoms with Crippen molar-refractivity contribution in [1.82, 2.24) is 10.2 Å². The van der Waals surface area contributed by atoms with E-state index in [2.05, 4.69) is 50.9 Å². The molecule has 116 valence electrons. The van der Waals surface area contributed by atoms with Gasteiger partial charge in [0.2, 0.25) is 0 Å². The molecule has 4 heteroatoms. The van der Waals surface area contributed by atoms with Gasteiger partial charge in [-0.25, -0.2) is 0 Å². The third-order valence-electron chi connectivity index (χ3n) is 3.43. The molecule has 0 aliphatic rings. The standard InChI is InChI=1S/C16H30N2O2/c1-7-18(13(2)12-19-6)11-14-8-9-20-15(14)10-17-16(3,4)5/h8-9,13,17H,7,10-12H2,1-6H3. The van der Waals surface area contributed by atoms with Crippen molar-refractivity contribution in [2.75, 3.05) is 20.3 Å². The lowest BCUT2D eigenvalue weighted by atomic mass is 10.1. The molecule has 0 fully saturated rings. The summed E-state index contributed by atoms with van der Waals surface area (Å²) >= 11 is 0. The van der Waals surface area contributed by atoms with Gasteiger partial charge in [-0.3, -0.25) is 4.90 Å². The van der Waals surface area contributed by atoms with Gasteiger partial charge in [-0.05, 0) is 40.3 Å². The quantitative estimate of drug-likeness (QED) is 0.795. The molecule has 1 aromatic rings. The van der Waals surface area contributed by atoms with Gasteiger partial charge in [0.25, 0.3) is 0 Å². The van der Waals surface area contributed by atoms with Crippen molar-refractivity contribution in [3.63, 3.8) is 0 Å². The maximum absolute atomic E-state index is 5.62. The first-order valence-electron chi connectivity index (χ1n) is 7.40. The number of nitrogens with one attached hydrogen (secondary N) is 1. The first kappa shape index (κ1) is 17.2. The molecule has 4 nitrogen and oxygen atoms in total. The molecule has 0 aliphatic carbocycles. The zero-order valence-electron chi connectivity index (χ0n) is 13.8. The monoisotopic (exact) mass is 282 g/mol. The first-order valence-corrected chi connectivity index (χ1v) is 7.40. The maximum atomic E-state index is 5.62. The SMILES string of the molecule is CCN(Cc1ccoc1CNC(C)(C)C)C(C)COC. The summed E-state index contributed by atoms with van der Waals surface area (Å²) in [6.45, 7) is 14.3. The highest BCUT2D eigenvalue weighted by atomic mass is 16.5. The van der Waals surface area contributed by atoms with Crippen LogP contribution in [0.5, 0.6) is 0 Å². The fraction of sp³-hybridized carbons (Fsp3) is 0.750. The number of likely N-dealkylation sites (N-methyl/N-ethyl adjacent to an activating group) is 1. The van der Waals surface area contributed by atoms with E-state index in [0.717, 1.165) is 32.0 Å². The molecule has 0 radical (unpaired) electrons. The van der Waals surface area contributed by atoms with Gasteiger partial charge >= 0.3 is 0 Å². The lowest BCUT2D eigenvalue weighted by Gasteiger charge is -2.27. The second kappa shape index (κ2) is 7.81. The second-order valence-corrected chi connectivity index (χ2v) is 6.34. The first-order chi connectivity index (χ1) is 9.37. The molecule has 1 atom stereocenters. The Morgan fingerprint density at radius 1 is 1.40 bits per heavy atom. The molecule has 20 heavy (non-hydrogen) atoms. The molecule has 1 heterocycles. The molecule has 0 bridgehead atoms. The van der Waals surface area contributed by atoms with Crippen molar-refractivity contribution < 1.29 is 9.15 Å². The molecule has 0 amide bonds. The van der Waals surface area contributed by atoms with E-state index in [4.69, 9.17) is 9.15 Å². The Hall–Kier alpha value is -0.840. The van der Waals surface area contributed by atoms with Crippen molar-refractivity contribution in [3.8, 4) is 0 Å². The van der Waals surface area contributed by atoms with Gasteiger partial charge in [0, 0.05) is 30.8 Å². The van der Waals surface area contributed by atoms with Crippen LogP contribution in [0.3, 0.4) is 0 Å². The predicted molar refractivity (Wildman–Crippen MR) is 82.7 cm³/mol. The number of rotatable bonds is 8. The van der Waals surface area contributed by atoms with Gasteiger partial charge in [-0.2, -0.15) is 0 Å². The Bertz CT molecular complexity index is 382. The fourth-order valence-corrected chi connectivity index (χ4v) is 2.15. The fourth-order valence-electron chi connectivity index (χ4n) is 2.15. The Morgan fingerprint density at radius 3 is 2.65 bits per heavy atom. The van der Waals surface area contributed by atoms with Gasteiger partial charge in [0.1, 0.15) is 5.76 Å². The predicted octanol–water partition coefficient (Wildman–Crippen LogP) is 3.02. The van der Waals surface area contributed by atoms with E-state index in [0.29, 0.717) is 6.04 Å². The Morgan fingerprint density at radius 2 is 2.10 bits per heavy atom. The highest BCUT2D eigenvalue weighted by Crippen LogP contribution is 2.16. The van der Waals surface area contributed by atoms with E-state index in [1.807, 2.05) is 0 Å². The molecule has 1 N–H and O–H groups in total. The highest BCUT2D eigenvalue weighted by molar-refractivity contribution is 5.17. The summed E-state index contributed by atoms with van der Waals surface area (Å²) in [7, 11) is 1.75. The third kappa shape index (κ3) is 5.65. The number of ether oxygens (including phenoxy) is 1. The van der Waals surface area contributed by atoms with E-state index in [9.17, 15) is 0 Å². The van der Waals surface area contributed by atoms with Crippen LogP contribution in [0.2, 0.25) is 0 Å². The van der Waals surface area contributed by atoms with Crippen LogP contribution in [0.1, 0.15) is 45.9 Å². The van der Waals surface area contributed by atoms with Crippen molar-refractivity contribution >= 4 is 0 Å². The smallest absolute Gasteiger partial charge is 0.122 e. The van der Waals surface area contributed by atoms with Crippen LogP contribution < -0.4 is 5.32 Å². The average molecular weight is 282 g/mol. The summed E-state index contributed by atoms with van der Waals surface area (Å²) in [6, 6.07) is 2.48. The number of furan rings is 1. The molecule has 1 aromatic heterocycles. The van der Waals surface area contributed by atoms with E-state index in [-0.39, 0.29) is 5.54 Å². The molecular formula is C16H30N2O2. The van der Waals surface area contributed by atoms with Gasteiger partial charge in [-0.1, -0.05) is 6.92 Å². The molecule has 1 rings (SSSR count). The number of nitrogens with zero attached hydrogens (tertiary/aromatic N) is 1. The maximum Gasteiger partial charge on any atom is 0.122 e. The largest absolute Gasteiger partial charge is 0.468 e. The Kier molecular flexibility index (Phi) is 6.72. The van der Waals surface area contributed by atoms with Crippen molar-refractivity contribution in [2.45, 2.75) is 59.3 Å². The van der Waals surface area contributed by atoms with E-state index >= 15 is 0 Å². The number of hydrogen-bond donors (Lipinski definition) is 1. The van der Waals surface area contributed by atoms with Gasteiger partial charge in [-0.15, -0.1) is 0 Å². The average Bonchev–Trinajstić information content (AvgIpc) is 2.80. The van der Waals surface area contributed by atoms with Crippen molar-refractivity contribution in [3.05, 3.63) is 23.7 Å². The normalized spacial score (nSPS) is 13.9. The third-order valence-corrected chi connectivity index (χ3v) is 3.43. The summed E-state index contributed by atoms with van der Waals surface area (Å²) in [5.74, 6) is 1.03. The van der Waals surface area contributed by atoms with E-state index in [1.165, 1.54) is 5.56 Å². The number of methoxy groups -OCH3 is 1. The molecule has 0 saturated heterocycles. The van der Waals surface area contributed by atoms with Crippen molar-refractivity contribution in [2.24, 2.45) is 0 Å². The minimum absolute atomic E-state index is 0.0951. The molecule has 0 spiro atoms. The van der Waals surface area contributed by atoms with Gasteiger partial charge < -0.3 is 14.5 Å². The lowest BCUT2D eigenvalue weighted by molar-refractivity contribution is 0.0977. The summed E-state index contributed by atoms with van der Waals surface area (Å²) in [6.07, 6.45) is 1.78. The van der Waals surface area contributed by atoms with Crippen LogP contribution in [0.25, 0.3) is 0 Å². The highest BCUT2D eigenvalue weighted by Gasteiger charge is 2.17. The Labute approximate surface area is 123 Å². The van der Waals surface area contributed by atoms with Crippen LogP contribution in [-0.2, 0) is 17.8 Å². The molecule has 0 aliphatic heterocycles. The summed E-state index contributed by atoms with van der Waals surface area (Å²) in [5.41, 5.74) is 1.35. The van der Waals surface area contributed by atoms with Crippen LogP contribution in [0.4, 0.5) is 0 Å². The summed E-state index contributed by atoms with van der Waals surface area (Å²) < 4.78 is 10.9. The minimum atomic E-state index is 0.0951. The molecule has 0 saturated carbocycles. The van der Waals surface area contributed by atoms with E-state index in [1.54, 1.807) is 13.4 Å². The van der Waals surface area contributed by atoms with Crippen LogP contribution >= 0.6 is 0 Å². The van der Waals surface area contributed by atoms with Gasteiger partial charge in [0.05, 0.1) is 19.4 Å². The van der Waals surface area contributed by atoms with E-state index < -0.39 is 0 Å². The minimum Gasteiger partial charge on any atom is -0.468 e. The van der Waals surface area contributed by atoms with Crippen LogP contribution in [0.15, 0.2) is 16.7 Å². The van der Waals surface area contributed by atoms with Gasteiger partial charge in [0.15, 0.2) is 0 Å². The Balaban J connectivity index is 2.65. The lowest BCUT2D eigenvalue weighted by Crippen LogP contribution is -2.37. The molecular weight excluding hydrogens is 252 g/mol. The van der Waals surface area contributed by atoms with Crippen LogP contribution in [0, 0.1) is 0 Å². The second-order valence-electron chi connectivity index (χ2n) is 6.34. The van der Waals surface area contributed by atoms with Crippen molar-refractivity contribution in [1.29, 1.82) is 0 Å². The zero-order chi connectivity index (χ0) is 15.2. The summed E-state index contributed by atoms with van der Waals surface area (Å²) in [4.78, 5) is 2.40. The summed E-state index contributed by atoms with van der Waals surface area (Å²) in [5, 5.41) is 3.47. The topological polar surface area (TPSA) is 37.6 Å². The molecule has 0 aromatic carbocycles. The molecule has 1 unspecified atom stereocenters.